The number of carbonyl (C=O) groups is 5. The lowest BCUT2D eigenvalue weighted by molar-refractivity contribution is -0.143. The first-order chi connectivity index (χ1) is 23.7. The van der Waals surface area contributed by atoms with Gasteiger partial charge in [0.1, 0.15) is 29.1 Å². The second kappa shape index (κ2) is 18.7. The number of alkyl carbamates (subject to hydrolysis) is 1. The second-order valence-corrected chi connectivity index (χ2v) is 14.0. The number of fused-ring (bicyclic) bond motifs is 1. The van der Waals surface area contributed by atoms with E-state index in [4.69, 9.17) is 21.1 Å². The Labute approximate surface area is 296 Å². The molecule has 3 rings (SSSR count). The Balaban J connectivity index is 1.77. The van der Waals surface area contributed by atoms with Crippen LogP contribution in [0.4, 0.5) is 4.79 Å². The Morgan fingerprint density at radius 1 is 0.780 bits per heavy atom. The fraction of sp³-hybridized carbons (Fsp3) is 0.343. The molecule has 0 spiro atoms. The zero-order valence-electron chi connectivity index (χ0n) is 28.1. The topological polar surface area (TPSA) is 186 Å². The zero-order valence-corrected chi connectivity index (χ0v) is 29.7. The highest BCUT2D eigenvalue weighted by molar-refractivity contribution is 7.96. The molecule has 0 aromatic heterocycles. The summed E-state index contributed by atoms with van der Waals surface area (Å²) in [5, 5.41) is 12.0. The van der Waals surface area contributed by atoms with Crippen LogP contribution in [0.1, 0.15) is 38.3 Å². The molecule has 4 atom stereocenters. The van der Waals surface area contributed by atoms with Gasteiger partial charge in [0.15, 0.2) is 9.84 Å². The van der Waals surface area contributed by atoms with Gasteiger partial charge >= 0.3 is 12.1 Å². The fourth-order valence-electron chi connectivity index (χ4n) is 4.72. The summed E-state index contributed by atoms with van der Waals surface area (Å²) >= 11 is 5.90. The highest BCUT2D eigenvalue weighted by Crippen LogP contribution is 2.20. The maximum atomic E-state index is 13.7. The number of sulfone groups is 1. The van der Waals surface area contributed by atoms with Crippen molar-refractivity contribution in [3.8, 4) is 0 Å². The molecule has 0 aliphatic heterocycles. The van der Waals surface area contributed by atoms with Gasteiger partial charge in [0.25, 0.3) is 0 Å². The van der Waals surface area contributed by atoms with Gasteiger partial charge in [-0.25, -0.2) is 13.2 Å². The molecule has 15 heteroatoms. The Morgan fingerprint density at radius 3 is 2.08 bits per heavy atom. The van der Waals surface area contributed by atoms with Crippen LogP contribution in [-0.2, 0) is 51.5 Å². The van der Waals surface area contributed by atoms with Crippen molar-refractivity contribution in [2.45, 2.75) is 64.4 Å². The lowest BCUT2D eigenvalue weighted by Gasteiger charge is -2.24. The summed E-state index contributed by atoms with van der Waals surface area (Å²) in [6, 6.07) is 17.3. The Hall–Kier alpha value is -4.95. The maximum Gasteiger partial charge on any atom is 0.408 e. The van der Waals surface area contributed by atoms with Gasteiger partial charge in [-0.1, -0.05) is 84.4 Å². The largest absolute Gasteiger partial charge is 0.466 e. The average Bonchev–Trinajstić information content (AvgIpc) is 3.07. The molecular formula is C35H41ClN4O9S. The maximum absolute atomic E-state index is 13.7. The van der Waals surface area contributed by atoms with Gasteiger partial charge in [0.2, 0.25) is 17.7 Å². The van der Waals surface area contributed by atoms with Crippen molar-refractivity contribution in [1.29, 1.82) is 0 Å². The standard InChI is InChI=1S/C35H41ClN4O9S/c1-5-48-31(41)20-27(19-30(36)50(4,46)47)39-32(42)22(2)37-34(44)29(18-26-16-11-15-25-14-9-10-17-28(25)26)40-33(43)23(3)38-35(45)49-21-24-12-7-6-8-13-24/h6-17,19,22-23,27,29H,5,18,20-21H2,1-4H3,(H,37,44)(H,38,45)(H,39,42)(H,40,43). The molecule has 0 heterocycles. The third-order valence-electron chi connectivity index (χ3n) is 7.34. The molecule has 268 valence electrons. The van der Waals surface area contributed by atoms with Crippen molar-refractivity contribution in [3.05, 3.63) is 94.4 Å². The van der Waals surface area contributed by atoms with Crippen LogP contribution in [0, 0.1) is 0 Å². The number of benzene rings is 3. The van der Waals surface area contributed by atoms with Crippen molar-refractivity contribution in [1.82, 2.24) is 21.3 Å². The summed E-state index contributed by atoms with van der Waals surface area (Å²) in [5.41, 5.74) is 1.49. The number of nitrogens with one attached hydrogen (secondary N) is 4. The van der Waals surface area contributed by atoms with Crippen LogP contribution < -0.4 is 21.3 Å². The lowest BCUT2D eigenvalue weighted by Crippen LogP contribution is -2.56. The van der Waals surface area contributed by atoms with E-state index >= 15 is 0 Å². The summed E-state index contributed by atoms with van der Waals surface area (Å²) in [6.07, 6.45) is 0.635. The molecule has 0 aliphatic carbocycles. The van der Waals surface area contributed by atoms with E-state index in [0.717, 1.165) is 34.2 Å². The number of esters is 1. The number of ether oxygens (including phenoxy) is 2. The van der Waals surface area contributed by atoms with Crippen molar-refractivity contribution in [3.63, 3.8) is 0 Å². The first-order valence-corrected chi connectivity index (χ1v) is 18.0. The van der Waals surface area contributed by atoms with Crippen LogP contribution in [0.15, 0.2) is 83.2 Å². The normalized spacial score (nSPS) is 14.0. The minimum atomic E-state index is -3.84. The molecule has 0 radical (unpaired) electrons. The summed E-state index contributed by atoms with van der Waals surface area (Å²) in [5.74, 6) is -2.89. The highest BCUT2D eigenvalue weighted by Gasteiger charge is 2.29. The number of hydrogen-bond acceptors (Lipinski definition) is 9. The van der Waals surface area contributed by atoms with E-state index in [2.05, 4.69) is 21.3 Å². The SMILES string of the molecule is CCOC(=O)CC(C=C(Cl)S(C)(=O)=O)NC(=O)C(C)NC(=O)C(Cc1cccc2ccccc12)NC(=O)C(C)NC(=O)OCc1ccccc1. The van der Waals surface area contributed by atoms with E-state index in [1.807, 2.05) is 48.5 Å². The first kappa shape index (κ1) is 39.5. The monoisotopic (exact) mass is 728 g/mol. The minimum Gasteiger partial charge on any atom is -0.466 e. The van der Waals surface area contributed by atoms with E-state index in [9.17, 15) is 32.4 Å². The zero-order chi connectivity index (χ0) is 36.8. The second-order valence-electron chi connectivity index (χ2n) is 11.4. The third-order valence-corrected chi connectivity index (χ3v) is 9.15. The summed E-state index contributed by atoms with van der Waals surface area (Å²) in [7, 11) is -3.84. The molecule has 0 saturated carbocycles. The quantitative estimate of drug-likeness (QED) is 0.161. The van der Waals surface area contributed by atoms with Crippen LogP contribution in [-0.4, -0.2) is 75.2 Å². The lowest BCUT2D eigenvalue weighted by atomic mass is 9.98. The predicted molar refractivity (Wildman–Crippen MR) is 188 cm³/mol. The molecule has 3 aromatic rings. The molecule has 50 heavy (non-hydrogen) atoms. The average molecular weight is 729 g/mol. The third kappa shape index (κ3) is 12.5. The molecule has 3 aromatic carbocycles. The van der Waals surface area contributed by atoms with Gasteiger partial charge < -0.3 is 30.7 Å². The molecule has 0 aliphatic rings. The molecule has 4 unspecified atom stereocenters. The Morgan fingerprint density at radius 2 is 1.40 bits per heavy atom. The van der Waals surface area contributed by atoms with E-state index in [1.54, 1.807) is 31.2 Å². The first-order valence-electron chi connectivity index (χ1n) is 15.8. The summed E-state index contributed by atoms with van der Waals surface area (Å²) in [4.78, 5) is 64.7. The number of rotatable bonds is 16. The smallest absolute Gasteiger partial charge is 0.408 e. The highest BCUT2D eigenvalue weighted by atomic mass is 35.5. The van der Waals surface area contributed by atoms with Crippen molar-refractivity contribution in [2.24, 2.45) is 0 Å². The van der Waals surface area contributed by atoms with Crippen LogP contribution in [0.5, 0.6) is 0 Å². The number of halogens is 1. The van der Waals surface area contributed by atoms with Crippen molar-refractivity contribution in [2.75, 3.05) is 12.9 Å². The molecule has 4 amide bonds. The van der Waals surface area contributed by atoms with Gasteiger partial charge in [-0.05, 0) is 48.7 Å². The fourth-order valence-corrected chi connectivity index (χ4v) is 5.29. The van der Waals surface area contributed by atoms with Crippen LogP contribution in [0.25, 0.3) is 10.8 Å². The predicted octanol–water partition coefficient (Wildman–Crippen LogP) is 3.25. The Bertz CT molecular complexity index is 1810. The van der Waals surface area contributed by atoms with E-state index < -0.39 is 74.6 Å². The molecule has 4 N–H and O–H groups in total. The van der Waals surface area contributed by atoms with Gasteiger partial charge in [-0.3, -0.25) is 19.2 Å². The molecule has 0 bridgehead atoms. The van der Waals surface area contributed by atoms with Crippen molar-refractivity contribution >= 4 is 62.0 Å². The minimum absolute atomic E-state index is 0.00994. The van der Waals surface area contributed by atoms with E-state index in [1.165, 1.54) is 13.8 Å². The van der Waals surface area contributed by atoms with E-state index in [0.29, 0.717) is 0 Å². The van der Waals surface area contributed by atoms with Crippen LogP contribution in [0.2, 0.25) is 0 Å². The summed E-state index contributed by atoms with van der Waals surface area (Å²) in [6.45, 7) is 4.44. The molecule has 13 nitrogen and oxygen atoms in total. The van der Waals surface area contributed by atoms with Gasteiger partial charge in [-0.15, -0.1) is 0 Å². The van der Waals surface area contributed by atoms with Gasteiger partial charge in [-0.2, -0.15) is 0 Å². The Kier molecular flexibility index (Phi) is 14.8. The van der Waals surface area contributed by atoms with Crippen LogP contribution in [0.3, 0.4) is 0 Å². The number of hydrogen-bond donors (Lipinski definition) is 4. The molecular weight excluding hydrogens is 688 g/mol. The molecule has 0 saturated heterocycles. The van der Waals surface area contributed by atoms with Gasteiger partial charge in [0.05, 0.1) is 19.1 Å². The number of amides is 4. The van der Waals surface area contributed by atoms with E-state index in [-0.39, 0.29) is 19.6 Å². The van der Waals surface area contributed by atoms with Gasteiger partial charge in [0, 0.05) is 12.7 Å². The number of carbonyl (C=O) groups excluding carboxylic acids is 5. The van der Waals surface area contributed by atoms with Crippen molar-refractivity contribution < 1.29 is 41.9 Å². The van der Waals surface area contributed by atoms with Crippen LogP contribution >= 0.6 is 11.6 Å². The molecule has 0 fully saturated rings. The summed E-state index contributed by atoms with van der Waals surface area (Å²) < 4.78 is 33.3.